The Bertz CT molecular complexity index is 671. The third-order valence-corrected chi connectivity index (χ3v) is 4.35. The van der Waals surface area contributed by atoms with Crippen molar-refractivity contribution in [3.05, 3.63) is 35.9 Å². The monoisotopic (exact) mass is 391 g/mol. The molecule has 0 bridgehead atoms. The van der Waals surface area contributed by atoms with Gasteiger partial charge in [0.15, 0.2) is 0 Å². The Morgan fingerprint density at radius 1 is 0.964 bits per heavy atom. The SMILES string of the molecule is CC(C)(C)OC(=O)NN(C(=O)OC(C)(C)C)C1(c2ccccc2)CCNCC1. The van der Waals surface area contributed by atoms with Crippen LogP contribution < -0.4 is 10.7 Å². The molecular weight excluding hydrogens is 358 g/mol. The lowest BCUT2D eigenvalue weighted by atomic mass is 9.81. The van der Waals surface area contributed by atoms with Crippen molar-refractivity contribution in [3.63, 3.8) is 0 Å². The summed E-state index contributed by atoms with van der Waals surface area (Å²) in [5, 5.41) is 4.64. The van der Waals surface area contributed by atoms with Crippen LogP contribution in [0.4, 0.5) is 9.59 Å². The molecular formula is C21H33N3O4. The van der Waals surface area contributed by atoms with E-state index in [2.05, 4.69) is 10.7 Å². The average molecular weight is 392 g/mol. The number of hydrogen-bond acceptors (Lipinski definition) is 5. The molecule has 28 heavy (non-hydrogen) atoms. The number of piperidine rings is 1. The van der Waals surface area contributed by atoms with Crippen molar-refractivity contribution < 1.29 is 19.1 Å². The number of ether oxygens (including phenoxy) is 2. The van der Waals surface area contributed by atoms with Gasteiger partial charge in [0.2, 0.25) is 0 Å². The Labute approximate surface area is 167 Å². The summed E-state index contributed by atoms with van der Waals surface area (Å²) in [4.78, 5) is 25.7. The fourth-order valence-corrected chi connectivity index (χ4v) is 3.26. The summed E-state index contributed by atoms with van der Waals surface area (Å²) in [6, 6.07) is 9.73. The molecule has 1 aliphatic rings. The van der Waals surface area contributed by atoms with Gasteiger partial charge in [-0.05, 0) is 73.0 Å². The van der Waals surface area contributed by atoms with Gasteiger partial charge in [-0.15, -0.1) is 0 Å². The van der Waals surface area contributed by atoms with E-state index in [0.717, 1.165) is 5.56 Å². The fraction of sp³-hybridized carbons (Fsp3) is 0.619. The molecule has 0 spiro atoms. The largest absolute Gasteiger partial charge is 0.443 e. The van der Waals surface area contributed by atoms with Crippen LogP contribution in [0, 0.1) is 0 Å². The van der Waals surface area contributed by atoms with Crippen molar-refractivity contribution in [1.29, 1.82) is 0 Å². The van der Waals surface area contributed by atoms with E-state index < -0.39 is 28.9 Å². The second-order valence-electron chi connectivity index (χ2n) is 9.08. The molecule has 1 heterocycles. The molecule has 2 amide bonds. The minimum atomic E-state index is -0.730. The van der Waals surface area contributed by atoms with Crippen molar-refractivity contribution in [2.75, 3.05) is 13.1 Å². The van der Waals surface area contributed by atoms with Gasteiger partial charge < -0.3 is 14.8 Å². The lowest BCUT2D eigenvalue weighted by molar-refractivity contribution is -0.0421. The van der Waals surface area contributed by atoms with Crippen LogP contribution in [0.1, 0.15) is 59.9 Å². The van der Waals surface area contributed by atoms with Crippen molar-refractivity contribution in [1.82, 2.24) is 15.8 Å². The van der Waals surface area contributed by atoms with Crippen LogP contribution in [0.5, 0.6) is 0 Å². The molecule has 0 atom stereocenters. The second-order valence-corrected chi connectivity index (χ2v) is 9.08. The summed E-state index contributed by atoms with van der Waals surface area (Å²) >= 11 is 0. The van der Waals surface area contributed by atoms with Gasteiger partial charge in [-0.25, -0.2) is 20.0 Å². The predicted molar refractivity (Wildman–Crippen MR) is 108 cm³/mol. The Morgan fingerprint density at radius 3 is 2.00 bits per heavy atom. The minimum Gasteiger partial charge on any atom is -0.443 e. The zero-order chi connectivity index (χ0) is 21.0. The van der Waals surface area contributed by atoms with Crippen LogP contribution in [0.25, 0.3) is 0 Å². The molecule has 2 rings (SSSR count). The molecule has 1 aliphatic heterocycles. The van der Waals surface area contributed by atoms with E-state index in [9.17, 15) is 9.59 Å². The molecule has 0 saturated carbocycles. The highest BCUT2D eigenvalue weighted by molar-refractivity contribution is 5.75. The van der Waals surface area contributed by atoms with E-state index in [0.29, 0.717) is 25.9 Å². The Hall–Kier alpha value is -2.28. The first kappa shape index (κ1) is 22.0. The Balaban J connectivity index is 2.44. The molecule has 1 saturated heterocycles. The standard InChI is InChI=1S/C21H33N3O4/c1-19(2,3)27-17(25)23-24(18(26)28-20(4,5)6)21(12-14-22-15-13-21)16-10-8-7-9-11-16/h7-11,22H,12-15H2,1-6H3,(H,23,25). The van der Waals surface area contributed by atoms with Gasteiger partial charge in [0.1, 0.15) is 11.2 Å². The number of amides is 2. The molecule has 7 nitrogen and oxygen atoms in total. The minimum absolute atomic E-state index is 0.607. The molecule has 1 aromatic rings. The molecule has 7 heteroatoms. The highest BCUT2D eigenvalue weighted by Crippen LogP contribution is 2.37. The highest BCUT2D eigenvalue weighted by Gasteiger charge is 2.45. The van der Waals surface area contributed by atoms with Crippen molar-refractivity contribution in [2.24, 2.45) is 0 Å². The normalized spacial score (nSPS) is 16.8. The number of benzene rings is 1. The lowest BCUT2D eigenvalue weighted by Gasteiger charge is -2.46. The molecule has 1 fully saturated rings. The second kappa shape index (κ2) is 8.39. The summed E-state index contributed by atoms with van der Waals surface area (Å²) in [6.45, 7) is 12.2. The van der Waals surface area contributed by atoms with E-state index in [1.165, 1.54) is 5.01 Å². The Kier molecular flexibility index (Phi) is 6.59. The van der Waals surface area contributed by atoms with E-state index >= 15 is 0 Å². The summed E-state index contributed by atoms with van der Waals surface area (Å²) in [5.41, 5.74) is 1.51. The molecule has 0 radical (unpaired) electrons. The topological polar surface area (TPSA) is 79.9 Å². The van der Waals surface area contributed by atoms with Gasteiger partial charge in [-0.3, -0.25) is 0 Å². The molecule has 156 valence electrons. The van der Waals surface area contributed by atoms with E-state index in [4.69, 9.17) is 9.47 Å². The van der Waals surface area contributed by atoms with Gasteiger partial charge in [0.05, 0.1) is 5.54 Å². The Morgan fingerprint density at radius 2 is 1.50 bits per heavy atom. The van der Waals surface area contributed by atoms with Crippen LogP contribution in [0.2, 0.25) is 0 Å². The van der Waals surface area contributed by atoms with Crippen LogP contribution in [0.3, 0.4) is 0 Å². The molecule has 0 aliphatic carbocycles. The zero-order valence-corrected chi connectivity index (χ0v) is 17.8. The van der Waals surface area contributed by atoms with Gasteiger partial charge in [0, 0.05) is 0 Å². The number of rotatable bonds is 2. The maximum atomic E-state index is 13.2. The number of carbonyl (C=O) groups excluding carboxylic acids is 2. The summed E-state index contributed by atoms with van der Waals surface area (Å²) < 4.78 is 11.0. The van der Waals surface area contributed by atoms with E-state index in [1.807, 2.05) is 30.3 Å². The number of hydrazine groups is 1. The number of carbonyl (C=O) groups is 2. The first-order chi connectivity index (χ1) is 12.9. The summed E-state index contributed by atoms with van der Waals surface area (Å²) in [6.07, 6.45) is -0.0331. The van der Waals surface area contributed by atoms with Crippen LogP contribution in [0.15, 0.2) is 30.3 Å². The van der Waals surface area contributed by atoms with Crippen LogP contribution in [-0.4, -0.2) is 41.5 Å². The molecule has 0 aromatic heterocycles. The number of hydrogen-bond donors (Lipinski definition) is 2. The maximum absolute atomic E-state index is 13.2. The summed E-state index contributed by atoms with van der Waals surface area (Å²) in [5.74, 6) is 0. The van der Waals surface area contributed by atoms with Gasteiger partial charge in [0.25, 0.3) is 0 Å². The number of nitrogens with zero attached hydrogens (tertiary/aromatic N) is 1. The molecule has 0 unspecified atom stereocenters. The number of nitrogens with one attached hydrogen (secondary N) is 2. The first-order valence-corrected chi connectivity index (χ1v) is 9.72. The molecule has 2 N–H and O–H groups in total. The third kappa shape index (κ3) is 5.86. The maximum Gasteiger partial charge on any atom is 0.430 e. The first-order valence-electron chi connectivity index (χ1n) is 9.72. The van der Waals surface area contributed by atoms with Crippen LogP contribution >= 0.6 is 0 Å². The average Bonchev–Trinajstić information content (AvgIpc) is 2.58. The van der Waals surface area contributed by atoms with E-state index in [-0.39, 0.29) is 0 Å². The van der Waals surface area contributed by atoms with E-state index in [1.54, 1.807) is 41.5 Å². The lowest BCUT2D eigenvalue weighted by Crippen LogP contribution is -2.62. The third-order valence-electron chi connectivity index (χ3n) is 4.35. The van der Waals surface area contributed by atoms with Gasteiger partial charge >= 0.3 is 12.2 Å². The van der Waals surface area contributed by atoms with Gasteiger partial charge in [-0.2, -0.15) is 0 Å². The zero-order valence-electron chi connectivity index (χ0n) is 17.8. The van der Waals surface area contributed by atoms with Crippen molar-refractivity contribution in [2.45, 2.75) is 71.1 Å². The fourth-order valence-electron chi connectivity index (χ4n) is 3.26. The quantitative estimate of drug-likeness (QED) is 0.747. The van der Waals surface area contributed by atoms with Gasteiger partial charge in [-0.1, -0.05) is 30.3 Å². The van der Waals surface area contributed by atoms with Crippen molar-refractivity contribution in [3.8, 4) is 0 Å². The van der Waals surface area contributed by atoms with Crippen molar-refractivity contribution >= 4 is 12.2 Å². The smallest absolute Gasteiger partial charge is 0.430 e. The van der Waals surface area contributed by atoms with Crippen LogP contribution in [-0.2, 0) is 15.0 Å². The highest BCUT2D eigenvalue weighted by atomic mass is 16.6. The predicted octanol–water partition coefficient (Wildman–Crippen LogP) is 3.94. The summed E-state index contributed by atoms with van der Waals surface area (Å²) in [7, 11) is 0. The molecule has 1 aromatic carbocycles.